The van der Waals surface area contributed by atoms with Crippen molar-refractivity contribution in [3.8, 4) is 0 Å². The van der Waals surface area contributed by atoms with Crippen LogP contribution in [0.25, 0.3) is 11.0 Å². The highest BCUT2D eigenvalue weighted by Crippen LogP contribution is 2.27. The van der Waals surface area contributed by atoms with E-state index in [1.54, 1.807) is 4.68 Å². The van der Waals surface area contributed by atoms with Gasteiger partial charge in [-0.25, -0.2) is 4.98 Å². The third kappa shape index (κ3) is 1.46. The van der Waals surface area contributed by atoms with Gasteiger partial charge in [-0.15, -0.1) is 0 Å². The second-order valence-corrected chi connectivity index (χ2v) is 4.20. The molecule has 15 heavy (non-hydrogen) atoms. The highest BCUT2D eigenvalue weighted by molar-refractivity contribution is 5.84. The summed E-state index contributed by atoms with van der Waals surface area (Å²) in [6.07, 6.45) is 0. The van der Waals surface area contributed by atoms with E-state index < -0.39 is 0 Å². The van der Waals surface area contributed by atoms with Crippen LogP contribution in [-0.2, 0) is 7.05 Å². The van der Waals surface area contributed by atoms with Crippen LogP contribution in [0.5, 0.6) is 0 Å². The topological polar surface area (TPSA) is 56.7 Å². The number of aromatic nitrogens is 3. The molecular weight excluding hydrogens is 188 g/mol. The molecule has 2 heterocycles. The van der Waals surface area contributed by atoms with Crippen LogP contribution < -0.4 is 5.73 Å². The van der Waals surface area contributed by atoms with E-state index in [4.69, 9.17) is 5.73 Å². The number of rotatable bonds is 1. The molecule has 0 amide bonds. The summed E-state index contributed by atoms with van der Waals surface area (Å²) in [6.45, 7) is 6.31. The van der Waals surface area contributed by atoms with E-state index in [-0.39, 0.29) is 0 Å². The number of nitrogens with two attached hydrogens (primary N) is 1. The third-order valence-corrected chi connectivity index (χ3v) is 2.64. The van der Waals surface area contributed by atoms with Gasteiger partial charge in [0.25, 0.3) is 0 Å². The Bertz CT molecular complexity index is 511. The minimum absolute atomic E-state index is 0.431. The molecule has 4 heteroatoms. The zero-order valence-electron chi connectivity index (χ0n) is 9.57. The Morgan fingerprint density at radius 1 is 1.40 bits per heavy atom. The molecule has 4 nitrogen and oxygen atoms in total. The van der Waals surface area contributed by atoms with Crippen molar-refractivity contribution in [3.63, 3.8) is 0 Å². The normalized spacial score (nSPS) is 11.5. The van der Waals surface area contributed by atoms with Crippen LogP contribution in [0.15, 0.2) is 6.07 Å². The second-order valence-electron chi connectivity index (χ2n) is 4.20. The van der Waals surface area contributed by atoms with Gasteiger partial charge in [-0.2, -0.15) is 5.10 Å². The summed E-state index contributed by atoms with van der Waals surface area (Å²) in [6, 6.07) is 1.95. The average Bonchev–Trinajstić information content (AvgIpc) is 2.41. The summed E-state index contributed by atoms with van der Waals surface area (Å²) >= 11 is 0. The summed E-state index contributed by atoms with van der Waals surface area (Å²) in [7, 11) is 1.89. The molecule has 2 aromatic heterocycles. The fraction of sp³-hybridized carbons (Fsp3) is 0.455. The Morgan fingerprint density at radius 2 is 2.07 bits per heavy atom. The van der Waals surface area contributed by atoms with Crippen LogP contribution in [0.3, 0.4) is 0 Å². The third-order valence-electron chi connectivity index (χ3n) is 2.64. The minimum Gasteiger partial charge on any atom is -0.384 e. The summed E-state index contributed by atoms with van der Waals surface area (Å²) in [5, 5.41) is 5.51. The number of anilines is 1. The van der Waals surface area contributed by atoms with Crippen LogP contribution in [0.2, 0.25) is 0 Å². The lowest BCUT2D eigenvalue weighted by atomic mass is 10.00. The van der Waals surface area contributed by atoms with Gasteiger partial charge in [0.1, 0.15) is 5.82 Å². The Labute approximate surface area is 89.1 Å². The molecule has 0 aliphatic heterocycles. The van der Waals surface area contributed by atoms with Gasteiger partial charge in [0.15, 0.2) is 5.65 Å². The molecule has 0 aliphatic carbocycles. The van der Waals surface area contributed by atoms with Crippen molar-refractivity contribution in [2.24, 2.45) is 7.05 Å². The van der Waals surface area contributed by atoms with Gasteiger partial charge in [-0.05, 0) is 24.5 Å². The Hall–Kier alpha value is -1.58. The minimum atomic E-state index is 0.431. The molecule has 0 bridgehead atoms. The van der Waals surface area contributed by atoms with E-state index in [1.807, 2.05) is 20.0 Å². The molecule has 0 unspecified atom stereocenters. The lowest BCUT2D eigenvalue weighted by Gasteiger charge is -2.08. The van der Waals surface area contributed by atoms with Crippen molar-refractivity contribution in [2.75, 3.05) is 5.73 Å². The fourth-order valence-electron chi connectivity index (χ4n) is 1.95. The van der Waals surface area contributed by atoms with E-state index >= 15 is 0 Å². The molecular formula is C11H16N4. The van der Waals surface area contributed by atoms with E-state index in [0.29, 0.717) is 11.7 Å². The molecule has 0 aliphatic rings. The maximum atomic E-state index is 5.79. The number of hydrogen-bond donors (Lipinski definition) is 1. The van der Waals surface area contributed by atoms with Gasteiger partial charge in [-0.1, -0.05) is 13.8 Å². The van der Waals surface area contributed by atoms with Gasteiger partial charge in [0.05, 0.1) is 5.69 Å². The van der Waals surface area contributed by atoms with Crippen molar-refractivity contribution in [1.29, 1.82) is 0 Å². The first-order chi connectivity index (χ1) is 7.00. The zero-order chi connectivity index (χ0) is 11.2. The summed E-state index contributed by atoms with van der Waals surface area (Å²) in [5.74, 6) is 0.995. The molecule has 2 N–H and O–H groups in total. The second kappa shape index (κ2) is 3.22. The van der Waals surface area contributed by atoms with E-state index in [0.717, 1.165) is 16.7 Å². The largest absolute Gasteiger partial charge is 0.384 e. The maximum absolute atomic E-state index is 5.79. The first-order valence-corrected chi connectivity index (χ1v) is 5.10. The van der Waals surface area contributed by atoms with Crippen molar-refractivity contribution >= 4 is 16.9 Å². The smallest absolute Gasteiger partial charge is 0.160 e. The Morgan fingerprint density at radius 3 is 2.67 bits per heavy atom. The van der Waals surface area contributed by atoms with Gasteiger partial charge in [-0.3, -0.25) is 4.68 Å². The monoisotopic (exact) mass is 204 g/mol. The van der Waals surface area contributed by atoms with Crippen LogP contribution in [-0.4, -0.2) is 14.8 Å². The number of nitrogens with zero attached hydrogens (tertiary/aromatic N) is 3. The Kier molecular flexibility index (Phi) is 2.14. The molecule has 0 aromatic carbocycles. The predicted molar refractivity (Wildman–Crippen MR) is 61.7 cm³/mol. The molecule has 80 valence electrons. The van der Waals surface area contributed by atoms with Crippen LogP contribution in [0.1, 0.15) is 31.0 Å². The van der Waals surface area contributed by atoms with Crippen LogP contribution in [0.4, 0.5) is 5.82 Å². The zero-order valence-corrected chi connectivity index (χ0v) is 9.57. The van der Waals surface area contributed by atoms with Crippen molar-refractivity contribution < 1.29 is 0 Å². The molecule has 0 fully saturated rings. The number of fused-ring (bicyclic) bond motifs is 1. The molecule has 2 aromatic rings. The van der Waals surface area contributed by atoms with Crippen LogP contribution in [0, 0.1) is 6.92 Å². The lowest BCUT2D eigenvalue weighted by molar-refractivity contribution is 0.774. The lowest BCUT2D eigenvalue weighted by Crippen LogP contribution is -1.99. The summed E-state index contributed by atoms with van der Waals surface area (Å²) in [4.78, 5) is 4.32. The number of nitrogen functional groups attached to an aromatic ring is 1. The number of aryl methyl sites for hydroxylation is 2. The number of hydrogen-bond acceptors (Lipinski definition) is 3. The summed E-state index contributed by atoms with van der Waals surface area (Å²) in [5.41, 5.74) is 8.90. The van der Waals surface area contributed by atoms with Crippen molar-refractivity contribution in [2.45, 2.75) is 26.7 Å². The fourth-order valence-corrected chi connectivity index (χ4v) is 1.95. The molecule has 0 spiro atoms. The molecule has 0 radical (unpaired) electrons. The van der Waals surface area contributed by atoms with E-state index in [9.17, 15) is 0 Å². The van der Waals surface area contributed by atoms with Gasteiger partial charge in [0.2, 0.25) is 0 Å². The van der Waals surface area contributed by atoms with Gasteiger partial charge in [0, 0.05) is 12.4 Å². The highest BCUT2D eigenvalue weighted by atomic mass is 15.3. The maximum Gasteiger partial charge on any atom is 0.160 e. The SMILES string of the molecule is Cc1nn(C)c2nc(N)cc(C(C)C)c12. The molecule has 0 saturated heterocycles. The number of pyridine rings is 1. The average molecular weight is 204 g/mol. The summed E-state index contributed by atoms with van der Waals surface area (Å²) < 4.78 is 1.78. The van der Waals surface area contributed by atoms with Crippen molar-refractivity contribution in [1.82, 2.24) is 14.8 Å². The van der Waals surface area contributed by atoms with Crippen LogP contribution >= 0.6 is 0 Å². The predicted octanol–water partition coefficient (Wildman–Crippen LogP) is 1.98. The van der Waals surface area contributed by atoms with E-state index in [1.165, 1.54) is 5.56 Å². The molecule has 0 atom stereocenters. The quantitative estimate of drug-likeness (QED) is 0.772. The molecule has 2 rings (SSSR count). The van der Waals surface area contributed by atoms with E-state index in [2.05, 4.69) is 23.9 Å². The standard InChI is InChI=1S/C11H16N4/c1-6(2)8-5-9(12)13-11-10(8)7(3)14-15(11)4/h5-6H,1-4H3,(H2,12,13). The highest BCUT2D eigenvalue weighted by Gasteiger charge is 2.14. The van der Waals surface area contributed by atoms with Gasteiger partial charge >= 0.3 is 0 Å². The Balaban J connectivity index is 2.89. The molecule has 0 saturated carbocycles. The first kappa shape index (κ1) is 9.96. The van der Waals surface area contributed by atoms with Gasteiger partial charge < -0.3 is 5.73 Å². The first-order valence-electron chi connectivity index (χ1n) is 5.10. The van der Waals surface area contributed by atoms with Crippen molar-refractivity contribution in [3.05, 3.63) is 17.3 Å².